The van der Waals surface area contributed by atoms with Gasteiger partial charge in [-0.25, -0.2) is 18.4 Å². The number of alkyl halides is 3. The highest BCUT2D eigenvalue weighted by Gasteiger charge is 2.37. The first kappa shape index (κ1) is 27.4. The number of halogens is 3. The summed E-state index contributed by atoms with van der Waals surface area (Å²) in [4.78, 5) is 21.2. The standard InChI is InChI=1S/C26H27F3N4O4S/c1-3-17-6-4-5-7-19(17)20-15-22(31-16-21(20)26(27,28)29)32-38(36,37)18-8-11-30-23(14-18)33-12-9-25(2,10-13-33)24(34)35/h4-8,11,14-16H,3,9-10,12-13H2,1-2H3,(H,31,32)(H,34,35). The predicted octanol–water partition coefficient (Wildman–Crippen LogP) is 5.22. The number of anilines is 2. The number of hydrogen-bond acceptors (Lipinski definition) is 6. The molecule has 38 heavy (non-hydrogen) atoms. The molecule has 1 saturated heterocycles. The van der Waals surface area contributed by atoms with Crippen LogP contribution in [0.2, 0.25) is 0 Å². The molecule has 0 unspecified atom stereocenters. The van der Waals surface area contributed by atoms with Crippen LogP contribution in [0.25, 0.3) is 11.1 Å². The molecule has 0 spiro atoms. The number of aromatic nitrogens is 2. The molecule has 0 radical (unpaired) electrons. The molecule has 3 heterocycles. The largest absolute Gasteiger partial charge is 0.481 e. The fourth-order valence-corrected chi connectivity index (χ4v) is 5.44. The van der Waals surface area contributed by atoms with E-state index in [1.54, 1.807) is 36.1 Å². The van der Waals surface area contributed by atoms with Gasteiger partial charge in [0, 0.05) is 31.5 Å². The molecule has 0 amide bonds. The Morgan fingerprint density at radius 2 is 1.79 bits per heavy atom. The van der Waals surface area contributed by atoms with Gasteiger partial charge in [-0.15, -0.1) is 0 Å². The fourth-order valence-electron chi connectivity index (χ4n) is 4.43. The molecular weight excluding hydrogens is 521 g/mol. The van der Waals surface area contributed by atoms with Gasteiger partial charge in [0.15, 0.2) is 0 Å². The second-order valence-electron chi connectivity index (χ2n) is 9.43. The molecule has 1 fully saturated rings. The summed E-state index contributed by atoms with van der Waals surface area (Å²) in [5.41, 5.74) is -0.976. The minimum Gasteiger partial charge on any atom is -0.481 e. The van der Waals surface area contributed by atoms with Crippen LogP contribution in [0.1, 0.15) is 37.8 Å². The topological polar surface area (TPSA) is 112 Å². The first-order valence-electron chi connectivity index (χ1n) is 12.0. The van der Waals surface area contributed by atoms with Crippen LogP contribution in [0.15, 0.2) is 59.8 Å². The maximum atomic E-state index is 13.8. The summed E-state index contributed by atoms with van der Waals surface area (Å²) in [7, 11) is -4.23. The van der Waals surface area contributed by atoms with Gasteiger partial charge >= 0.3 is 12.1 Å². The molecule has 3 aromatic rings. The van der Waals surface area contributed by atoms with E-state index in [-0.39, 0.29) is 16.3 Å². The lowest BCUT2D eigenvalue weighted by Crippen LogP contribution is -2.43. The number of pyridine rings is 2. The van der Waals surface area contributed by atoms with Crippen LogP contribution in [-0.2, 0) is 27.4 Å². The monoisotopic (exact) mass is 548 g/mol. The van der Waals surface area contributed by atoms with E-state index >= 15 is 0 Å². The average molecular weight is 549 g/mol. The van der Waals surface area contributed by atoms with Crippen molar-refractivity contribution < 1.29 is 31.5 Å². The molecular formula is C26H27F3N4O4S. The molecule has 2 N–H and O–H groups in total. The molecule has 1 aliphatic rings. The SMILES string of the molecule is CCc1ccccc1-c1cc(NS(=O)(=O)c2ccnc(N3CCC(C)(C(=O)O)CC3)c2)ncc1C(F)(F)F. The van der Waals surface area contributed by atoms with Crippen molar-refractivity contribution in [2.75, 3.05) is 22.7 Å². The van der Waals surface area contributed by atoms with Gasteiger partial charge in [-0.2, -0.15) is 13.2 Å². The first-order chi connectivity index (χ1) is 17.8. The van der Waals surface area contributed by atoms with Gasteiger partial charge in [-0.1, -0.05) is 31.2 Å². The third-order valence-corrected chi connectivity index (χ3v) is 8.22. The van der Waals surface area contributed by atoms with Crippen molar-refractivity contribution in [3.63, 3.8) is 0 Å². The van der Waals surface area contributed by atoms with Gasteiger partial charge in [0.05, 0.1) is 15.9 Å². The summed E-state index contributed by atoms with van der Waals surface area (Å²) in [6.07, 6.45) is -1.51. The number of nitrogens with zero attached hydrogens (tertiary/aromatic N) is 3. The number of carbonyl (C=O) groups is 1. The van der Waals surface area contributed by atoms with Gasteiger partial charge < -0.3 is 10.0 Å². The minimum atomic E-state index is -4.69. The number of sulfonamides is 1. The van der Waals surface area contributed by atoms with Gasteiger partial charge in [-0.05, 0) is 55.0 Å². The smallest absolute Gasteiger partial charge is 0.418 e. The quantitative estimate of drug-likeness (QED) is 0.417. The summed E-state index contributed by atoms with van der Waals surface area (Å²) in [5.74, 6) is -0.777. The van der Waals surface area contributed by atoms with E-state index in [0.29, 0.717) is 55.5 Å². The van der Waals surface area contributed by atoms with E-state index in [1.807, 2.05) is 6.92 Å². The Hall–Kier alpha value is -3.67. The van der Waals surface area contributed by atoms with Crippen LogP contribution in [0.5, 0.6) is 0 Å². The van der Waals surface area contributed by atoms with E-state index in [0.717, 1.165) is 6.07 Å². The molecule has 2 aromatic heterocycles. The molecule has 1 aromatic carbocycles. The van der Waals surface area contributed by atoms with Gasteiger partial charge in [0.2, 0.25) is 0 Å². The van der Waals surface area contributed by atoms with Crippen molar-refractivity contribution in [1.82, 2.24) is 9.97 Å². The number of nitrogens with one attached hydrogen (secondary N) is 1. The zero-order chi connectivity index (χ0) is 27.7. The lowest BCUT2D eigenvalue weighted by atomic mass is 9.80. The van der Waals surface area contributed by atoms with Crippen molar-refractivity contribution >= 4 is 27.6 Å². The van der Waals surface area contributed by atoms with E-state index in [4.69, 9.17) is 0 Å². The van der Waals surface area contributed by atoms with Gasteiger partial charge in [-0.3, -0.25) is 9.52 Å². The van der Waals surface area contributed by atoms with Crippen LogP contribution in [0.4, 0.5) is 24.8 Å². The summed E-state index contributed by atoms with van der Waals surface area (Å²) in [5, 5.41) is 9.44. The van der Waals surface area contributed by atoms with Crippen molar-refractivity contribution in [2.24, 2.45) is 5.41 Å². The lowest BCUT2D eigenvalue weighted by molar-refractivity contribution is -0.149. The number of aryl methyl sites for hydroxylation is 1. The molecule has 0 bridgehead atoms. The van der Waals surface area contributed by atoms with Gasteiger partial charge in [0.1, 0.15) is 11.6 Å². The Morgan fingerprint density at radius 3 is 2.42 bits per heavy atom. The van der Waals surface area contributed by atoms with Gasteiger partial charge in [0.25, 0.3) is 10.0 Å². The number of hydrogen-bond donors (Lipinski definition) is 2. The van der Waals surface area contributed by atoms with E-state index in [2.05, 4.69) is 14.7 Å². The Kier molecular flexibility index (Phi) is 7.37. The van der Waals surface area contributed by atoms with Crippen molar-refractivity contribution in [2.45, 2.75) is 44.2 Å². The molecule has 0 saturated carbocycles. The second-order valence-corrected chi connectivity index (χ2v) is 11.1. The van der Waals surface area contributed by atoms with Crippen LogP contribution in [-0.4, -0.2) is 42.6 Å². The van der Waals surface area contributed by atoms with Crippen molar-refractivity contribution in [3.05, 3.63) is 66.0 Å². The number of rotatable bonds is 7. The van der Waals surface area contributed by atoms with Crippen LogP contribution < -0.4 is 9.62 Å². The molecule has 202 valence electrons. The number of carboxylic acid groups (broad SMARTS) is 1. The van der Waals surface area contributed by atoms with Crippen LogP contribution >= 0.6 is 0 Å². The third-order valence-electron chi connectivity index (χ3n) is 6.87. The Balaban J connectivity index is 1.64. The molecule has 0 atom stereocenters. The third kappa shape index (κ3) is 5.59. The number of carboxylic acids is 1. The van der Waals surface area contributed by atoms with Crippen LogP contribution in [0, 0.1) is 5.41 Å². The number of benzene rings is 1. The lowest BCUT2D eigenvalue weighted by Gasteiger charge is -2.37. The normalized spacial score (nSPS) is 15.8. The Labute approximate surface area is 218 Å². The summed E-state index contributed by atoms with van der Waals surface area (Å²) in [6.45, 7) is 4.26. The number of piperidine rings is 1. The minimum absolute atomic E-state index is 0.147. The second kappa shape index (κ2) is 10.2. The van der Waals surface area contributed by atoms with E-state index in [9.17, 15) is 31.5 Å². The fraction of sp³-hybridized carbons (Fsp3) is 0.346. The maximum Gasteiger partial charge on any atom is 0.418 e. The highest BCUT2D eigenvalue weighted by atomic mass is 32.2. The zero-order valence-electron chi connectivity index (χ0n) is 20.8. The molecule has 8 nitrogen and oxygen atoms in total. The number of aliphatic carboxylic acids is 1. The highest BCUT2D eigenvalue weighted by molar-refractivity contribution is 7.92. The summed E-state index contributed by atoms with van der Waals surface area (Å²) < 4.78 is 70.0. The van der Waals surface area contributed by atoms with Crippen molar-refractivity contribution in [3.8, 4) is 11.1 Å². The summed E-state index contributed by atoms with van der Waals surface area (Å²) in [6, 6.07) is 10.3. The predicted molar refractivity (Wildman–Crippen MR) is 136 cm³/mol. The first-order valence-corrected chi connectivity index (χ1v) is 13.4. The molecule has 12 heteroatoms. The highest BCUT2D eigenvalue weighted by Crippen LogP contribution is 2.39. The molecule has 0 aliphatic carbocycles. The molecule has 1 aliphatic heterocycles. The van der Waals surface area contributed by atoms with Crippen LogP contribution in [0.3, 0.4) is 0 Å². The average Bonchev–Trinajstić information content (AvgIpc) is 2.88. The van der Waals surface area contributed by atoms with E-state index < -0.39 is 33.1 Å². The Morgan fingerprint density at radius 1 is 1.11 bits per heavy atom. The zero-order valence-corrected chi connectivity index (χ0v) is 21.6. The Bertz CT molecular complexity index is 1450. The molecule has 4 rings (SSSR count). The summed E-state index contributed by atoms with van der Waals surface area (Å²) >= 11 is 0. The van der Waals surface area contributed by atoms with Crippen molar-refractivity contribution in [1.29, 1.82) is 0 Å². The maximum absolute atomic E-state index is 13.8. The van der Waals surface area contributed by atoms with E-state index in [1.165, 1.54) is 18.3 Å².